The van der Waals surface area contributed by atoms with E-state index in [0.29, 0.717) is 0 Å². The van der Waals surface area contributed by atoms with E-state index in [1.165, 1.54) is 22.3 Å². The maximum Gasteiger partial charge on any atom is 0.118 e. The van der Waals surface area contributed by atoms with Gasteiger partial charge < -0.3 is 4.74 Å². The molecule has 87 valence electrons. The first-order valence-electron chi connectivity index (χ1n) is 5.80. The van der Waals surface area contributed by atoms with E-state index in [-0.39, 0.29) is 0 Å². The van der Waals surface area contributed by atoms with Crippen LogP contribution in [0.15, 0.2) is 36.4 Å². The third-order valence-electron chi connectivity index (χ3n) is 2.93. The Kier molecular flexibility index (Phi) is 3.48. The van der Waals surface area contributed by atoms with Crippen molar-refractivity contribution < 1.29 is 4.74 Å². The molecule has 1 nitrogen and oxygen atoms in total. The Balaban J connectivity index is 2.19. The Bertz CT molecular complexity index is 497. The van der Waals surface area contributed by atoms with Crippen LogP contribution in [0.4, 0.5) is 0 Å². The van der Waals surface area contributed by atoms with Gasteiger partial charge in [-0.05, 0) is 55.2 Å². The fraction of sp³-hybridized carbons (Fsp3) is 0.250. The van der Waals surface area contributed by atoms with E-state index in [2.05, 4.69) is 38.1 Å². The molecule has 0 atom stereocenters. The van der Waals surface area contributed by atoms with Crippen LogP contribution >= 0.6 is 0 Å². The van der Waals surface area contributed by atoms with Gasteiger partial charge in [-0.25, -0.2) is 0 Å². The minimum absolute atomic E-state index is 0.901. The molecule has 2 rings (SSSR count). The molecule has 0 aliphatic heterocycles. The molecule has 1 radical (unpaired) electrons. The standard InChI is InChI=1S/C16H17O/c1-12-4-7-15(13(2)10-12)11-14-5-8-16(17-3)9-6-14/h4-6,8-10H,11H2,1-3H3. The smallest absolute Gasteiger partial charge is 0.118 e. The van der Waals surface area contributed by atoms with Gasteiger partial charge in [0.1, 0.15) is 5.75 Å². The molecule has 0 unspecified atom stereocenters. The maximum absolute atomic E-state index is 5.15. The van der Waals surface area contributed by atoms with Crippen LogP contribution in [0.2, 0.25) is 0 Å². The van der Waals surface area contributed by atoms with Crippen molar-refractivity contribution in [2.45, 2.75) is 20.3 Å². The summed E-state index contributed by atoms with van der Waals surface area (Å²) >= 11 is 0. The SMILES string of the molecule is COc1ccc(Cc2[c]cc(C)cc2C)cc1. The Morgan fingerprint density at radius 3 is 2.41 bits per heavy atom. The molecule has 0 saturated heterocycles. The molecule has 0 saturated carbocycles. The fourth-order valence-electron chi connectivity index (χ4n) is 1.92. The predicted molar refractivity (Wildman–Crippen MR) is 70.6 cm³/mol. The van der Waals surface area contributed by atoms with Gasteiger partial charge in [0.05, 0.1) is 7.11 Å². The highest BCUT2D eigenvalue weighted by Crippen LogP contribution is 2.17. The third kappa shape index (κ3) is 2.88. The summed E-state index contributed by atoms with van der Waals surface area (Å²) in [4.78, 5) is 0. The van der Waals surface area contributed by atoms with Crippen LogP contribution in [-0.2, 0) is 6.42 Å². The molecule has 2 aromatic rings. The van der Waals surface area contributed by atoms with E-state index < -0.39 is 0 Å². The van der Waals surface area contributed by atoms with Crippen LogP contribution in [-0.4, -0.2) is 7.11 Å². The van der Waals surface area contributed by atoms with Crippen molar-refractivity contribution in [2.75, 3.05) is 7.11 Å². The summed E-state index contributed by atoms with van der Waals surface area (Å²) in [5.74, 6) is 0.901. The van der Waals surface area contributed by atoms with Crippen LogP contribution in [0, 0.1) is 19.9 Å². The molecule has 0 aliphatic rings. The van der Waals surface area contributed by atoms with Crippen LogP contribution in [0.5, 0.6) is 5.75 Å². The summed E-state index contributed by atoms with van der Waals surface area (Å²) in [6.07, 6.45) is 0.927. The highest BCUT2D eigenvalue weighted by molar-refractivity contribution is 5.35. The first-order valence-corrected chi connectivity index (χ1v) is 5.80. The summed E-state index contributed by atoms with van der Waals surface area (Å²) in [5.41, 5.74) is 5.12. The summed E-state index contributed by atoms with van der Waals surface area (Å²) in [7, 11) is 1.69. The number of rotatable bonds is 3. The molecular formula is C16H17O. The zero-order valence-electron chi connectivity index (χ0n) is 10.6. The first-order chi connectivity index (χ1) is 8.19. The zero-order valence-corrected chi connectivity index (χ0v) is 10.6. The quantitative estimate of drug-likeness (QED) is 0.774. The van der Waals surface area contributed by atoms with Gasteiger partial charge in [-0.15, -0.1) is 0 Å². The molecule has 0 heterocycles. The normalized spacial score (nSPS) is 10.3. The summed E-state index contributed by atoms with van der Waals surface area (Å²) in [6.45, 7) is 4.24. The Morgan fingerprint density at radius 2 is 1.82 bits per heavy atom. The van der Waals surface area contributed by atoms with E-state index >= 15 is 0 Å². The molecule has 0 N–H and O–H groups in total. The van der Waals surface area contributed by atoms with E-state index in [9.17, 15) is 0 Å². The molecule has 0 aromatic heterocycles. The summed E-state index contributed by atoms with van der Waals surface area (Å²) < 4.78 is 5.15. The minimum atomic E-state index is 0.901. The second-order valence-corrected chi connectivity index (χ2v) is 4.36. The average Bonchev–Trinajstić information content (AvgIpc) is 2.34. The van der Waals surface area contributed by atoms with Crippen molar-refractivity contribution in [2.24, 2.45) is 0 Å². The number of ether oxygens (including phenoxy) is 1. The van der Waals surface area contributed by atoms with Crippen molar-refractivity contribution in [3.05, 3.63) is 64.7 Å². The van der Waals surface area contributed by atoms with Crippen molar-refractivity contribution in [1.29, 1.82) is 0 Å². The Morgan fingerprint density at radius 1 is 1.12 bits per heavy atom. The highest BCUT2D eigenvalue weighted by Gasteiger charge is 2.01. The molecule has 2 aromatic carbocycles. The number of hydrogen-bond acceptors (Lipinski definition) is 1. The van der Waals surface area contributed by atoms with Gasteiger partial charge in [-0.1, -0.05) is 29.8 Å². The van der Waals surface area contributed by atoms with Crippen LogP contribution in [0.3, 0.4) is 0 Å². The maximum atomic E-state index is 5.15. The molecule has 0 spiro atoms. The first kappa shape index (κ1) is 11.7. The highest BCUT2D eigenvalue weighted by atomic mass is 16.5. The van der Waals surface area contributed by atoms with Gasteiger partial charge in [-0.3, -0.25) is 0 Å². The van der Waals surface area contributed by atoms with Gasteiger partial charge in [0.2, 0.25) is 0 Å². The largest absolute Gasteiger partial charge is 0.497 e. The van der Waals surface area contributed by atoms with Crippen LogP contribution in [0.25, 0.3) is 0 Å². The molecule has 0 amide bonds. The van der Waals surface area contributed by atoms with Crippen molar-refractivity contribution >= 4 is 0 Å². The monoisotopic (exact) mass is 225 g/mol. The molecule has 0 fully saturated rings. The number of aryl methyl sites for hydroxylation is 2. The number of methoxy groups -OCH3 is 1. The van der Waals surface area contributed by atoms with Gasteiger partial charge in [-0.2, -0.15) is 0 Å². The van der Waals surface area contributed by atoms with E-state index in [1.54, 1.807) is 7.11 Å². The van der Waals surface area contributed by atoms with Gasteiger partial charge in [0.25, 0.3) is 0 Å². The topological polar surface area (TPSA) is 9.23 Å². The molecule has 17 heavy (non-hydrogen) atoms. The summed E-state index contributed by atoms with van der Waals surface area (Å²) in [6, 6.07) is 15.8. The van der Waals surface area contributed by atoms with Crippen molar-refractivity contribution in [3.63, 3.8) is 0 Å². The molecule has 1 heteroatoms. The zero-order chi connectivity index (χ0) is 12.3. The second-order valence-electron chi connectivity index (χ2n) is 4.36. The van der Waals surface area contributed by atoms with Gasteiger partial charge >= 0.3 is 0 Å². The molecular weight excluding hydrogens is 208 g/mol. The predicted octanol–water partition coefficient (Wildman–Crippen LogP) is 3.70. The van der Waals surface area contributed by atoms with E-state index in [4.69, 9.17) is 4.74 Å². The molecule has 0 bridgehead atoms. The Hall–Kier alpha value is -1.76. The fourth-order valence-corrected chi connectivity index (χ4v) is 1.92. The number of hydrogen-bond donors (Lipinski definition) is 0. The lowest BCUT2D eigenvalue weighted by molar-refractivity contribution is 0.414. The van der Waals surface area contributed by atoms with E-state index in [1.807, 2.05) is 18.2 Å². The van der Waals surface area contributed by atoms with Crippen molar-refractivity contribution in [1.82, 2.24) is 0 Å². The molecule has 0 aliphatic carbocycles. The average molecular weight is 225 g/mol. The lowest BCUT2D eigenvalue weighted by Crippen LogP contribution is -1.93. The van der Waals surface area contributed by atoms with Crippen LogP contribution < -0.4 is 4.74 Å². The lowest BCUT2D eigenvalue weighted by Gasteiger charge is -2.07. The van der Waals surface area contributed by atoms with E-state index in [0.717, 1.165) is 12.2 Å². The van der Waals surface area contributed by atoms with Gasteiger partial charge in [0, 0.05) is 0 Å². The van der Waals surface area contributed by atoms with Gasteiger partial charge in [0.15, 0.2) is 0 Å². The van der Waals surface area contributed by atoms with Crippen molar-refractivity contribution in [3.8, 4) is 5.75 Å². The second kappa shape index (κ2) is 5.05. The number of benzene rings is 2. The summed E-state index contributed by atoms with van der Waals surface area (Å²) in [5, 5.41) is 0. The van der Waals surface area contributed by atoms with Crippen LogP contribution in [0.1, 0.15) is 22.3 Å². The lowest BCUT2D eigenvalue weighted by atomic mass is 9.99. The minimum Gasteiger partial charge on any atom is -0.497 e. The third-order valence-corrected chi connectivity index (χ3v) is 2.93. The Labute approximate surface area is 103 Å².